The molecule has 2 aromatic rings. The van der Waals surface area contributed by atoms with Crippen LogP contribution in [0.25, 0.3) is 0 Å². The van der Waals surface area contributed by atoms with E-state index in [-0.39, 0.29) is 15.9 Å². The average Bonchev–Trinajstić information content (AvgIpc) is 2.43. The van der Waals surface area contributed by atoms with E-state index >= 15 is 0 Å². The van der Waals surface area contributed by atoms with Crippen molar-refractivity contribution in [3.8, 4) is 0 Å². The summed E-state index contributed by atoms with van der Waals surface area (Å²) in [5, 5.41) is 3.06. The lowest BCUT2D eigenvalue weighted by Gasteiger charge is -2.22. The second-order valence-corrected chi connectivity index (χ2v) is 5.60. The Bertz CT molecular complexity index is 658. The second-order valence-electron chi connectivity index (χ2n) is 4.75. The lowest BCUT2D eigenvalue weighted by Crippen LogP contribution is -2.25. The standard InChI is InChI=1S/C16H15BrF3N/c1-3-21-16(11-5-4-10(18)8-9(11)2)14-13(19)7-6-12(17)15(14)20/h4-8,16,21H,3H2,1-2H3. The number of aryl methyl sites for hydroxylation is 1. The van der Waals surface area contributed by atoms with Crippen molar-refractivity contribution in [3.05, 3.63) is 68.9 Å². The van der Waals surface area contributed by atoms with Gasteiger partial charge >= 0.3 is 0 Å². The molecule has 0 heterocycles. The van der Waals surface area contributed by atoms with E-state index in [2.05, 4.69) is 21.2 Å². The lowest BCUT2D eigenvalue weighted by atomic mass is 9.94. The molecular weight excluding hydrogens is 343 g/mol. The topological polar surface area (TPSA) is 12.0 Å². The van der Waals surface area contributed by atoms with Gasteiger partial charge < -0.3 is 5.32 Å². The SMILES string of the molecule is CCNC(c1ccc(F)cc1C)c1c(F)ccc(Br)c1F. The van der Waals surface area contributed by atoms with Crippen molar-refractivity contribution < 1.29 is 13.2 Å². The highest BCUT2D eigenvalue weighted by atomic mass is 79.9. The third kappa shape index (κ3) is 3.30. The monoisotopic (exact) mass is 357 g/mol. The minimum absolute atomic E-state index is 0.0686. The summed E-state index contributed by atoms with van der Waals surface area (Å²) in [4.78, 5) is 0. The first-order valence-electron chi connectivity index (χ1n) is 6.58. The zero-order valence-electron chi connectivity index (χ0n) is 11.7. The Morgan fingerprint density at radius 2 is 1.86 bits per heavy atom. The number of hydrogen-bond acceptors (Lipinski definition) is 1. The highest BCUT2D eigenvalue weighted by Gasteiger charge is 2.24. The van der Waals surface area contributed by atoms with E-state index in [4.69, 9.17) is 0 Å². The molecule has 21 heavy (non-hydrogen) atoms. The maximum absolute atomic E-state index is 14.3. The van der Waals surface area contributed by atoms with E-state index in [0.29, 0.717) is 17.7 Å². The molecule has 0 aliphatic carbocycles. The molecule has 112 valence electrons. The van der Waals surface area contributed by atoms with Crippen LogP contribution in [0, 0.1) is 24.4 Å². The van der Waals surface area contributed by atoms with Crippen LogP contribution in [0.2, 0.25) is 0 Å². The molecule has 0 bridgehead atoms. The van der Waals surface area contributed by atoms with Crippen LogP contribution in [0.15, 0.2) is 34.8 Å². The molecule has 0 fully saturated rings. The van der Waals surface area contributed by atoms with Gasteiger partial charge in [0, 0.05) is 5.56 Å². The van der Waals surface area contributed by atoms with E-state index < -0.39 is 17.7 Å². The highest BCUT2D eigenvalue weighted by Crippen LogP contribution is 2.32. The fourth-order valence-electron chi connectivity index (χ4n) is 2.34. The van der Waals surface area contributed by atoms with Gasteiger partial charge in [0.2, 0.25) is 0 Å². The predicted molar refractivity (Wildman–Crippen MR) is 80.7 cm³/mol. The largest absolute Gasteiger partial charge is 0.306 e. The van der Waals surface area contributed by atoms with Crippen LogP contribution in [0.1, 0.15) is 29.7 Å². The van der Waals surface area contributed by atoms with Gasteiger partial charge in [-0.05, 0) is 64.8 Å². The summed E-state index contributed by atoms with van der Waals surface area (Å²) in [6.45, 7) is 4.09. The summed E-state index contributed by atoms with van der Waals surface area (Å²) in [6.07, 6.45) is 0. The van der Waals surface area contributed by atoms with Gasteiger partial charge in [-0.25, -0.2) is 13.2 Å². The molecule has 0 aliphatic rings. The first-order chi connectivity index (χ1) is 9.95. The van der Waals surface area contributed by atoms with Crippen molar-refractivity contribution in [1.82, 2.24) is 5.32 Å². The number of hydrogen-bond donors (Lipinski definition) is 1. The number of rotatable bonds is 4. The second kappa shape index (κ2) is 6.62. The quantitative estimate of drug-likeness (QED) is 0.769. The molecule has 0 radical (unpaired) electrons. The summed E-state index contributed by atoms with van der Waals surface area (Å²) in [5.41, 5.74) is 1.22. The van der Waals surface area contributed by atoms with Crippen molar-refractivity contribution >= 4 is 15.9 Å². The van der Waals surface area contributed by atoms with E-state index in [1.807, 2.05) is 6.92 Å². The number of halogens is 4. The fourth-order valence-corrected chi connectivity index (χ4v) is 2.69. The number of nitrogens with one attached hydrogen (secondary N) is 1. The minimum Gasteiger partial charge on any atom is -0.306 e. The molecule has 1 N–H and O–H groups in total. The third-order valence-electron chi connectivity index (χ3n) is 3.32. The molecule has 2 aromatic carbocycles. The summed E-state index contributed by atoms with van der Waals surface area (Å²) in [5.74, 6) is -1.66. The molecule has 0 aromatic heterocycles. The van der Waals surface area contributed by atoms with Crippen LogP contribution < -0.4 is 5.32 Å². The Hall–Kier alpha value is -1.33. The van der Waals surface area contributed by atoms with E-state index in [9.17, 15) is 13.2 Å². The molecular formula is C16H15BrF3N. The van der Waals surface area contributed by atoms with Crippen LogP contribution in [-0.4, -0.2) is 6.54 Å². The maximum atomic E-state index is 14.3. The Morgan fingerprint density at radius 1 is 1.14 bits per heavy atom. The van der Waals surface area contributed by atoms with Crippen molar-refractivity contribution in [2.24, 2.45) is 0 Å². The molecule has 1 unspecified atom stereocenters. The average molecular weight is 358 g/mol. The summed E-state index contributed by atoms with van der Waals surface area (Å²) in [7, 11) is 0. The van der Waals surface area contributed by atoms with Crippen molar-refractivity contribution in [2.75, 3.05) is 6.54 Å². The van der Waals surface area contributed by atoms with Crippen LogP contribution in [0.5, 0.6) is 0 Å². The van der Waals surface area contributed by atoms with Gasteiger partial charge in [0.1, 0.15) is 17.5 Å². The minimum atomic E-state index is -0.673. The van der Waals surface area contributed by atoms with Crippen LogP contribution in [0.3, 0.4) is 0 Å². The van der Waals surface area contributed by atoms with Gasteiger partial charge in [0.15, 0.2) is 0 Å². The molecule has 5 heteroatoms. The first-order valence-corrected chi connectivity index (χ1v) is 7.37. The normalized spacial score (nSPS) is 12.5. The fraction of sp³-hybridized carbons (Fsp3) is 0.250. The molecule has 0 amide bonds. The summed E-state index contributed by atoms with van der Waals surface area (Å²) < 4.78 is 41.9. The van der Waals surface area contributed by atoms with Gasteiger partial charge in [-0.2, -0.15) is 0 Å². The van der Waals surface area contributed by atoms with Crippen LogP contribution in [0.4, 0.5) is 13.2 Å². The van der Waals surface area contributed by atoms with Gasteiger partial charge in [0.25, 0.3) is 0 Å². The van der Waals surface area contributed by atoms with Crippen molar-refractivity contribution in [3.63, 3.8) is 0 Å². The van der Waals surface area contributed by atoms with Gasteiger partial charge in [-0.3, -0.25) is 0 Å². The Labute approximate surface area is 130 Å². The smallest absolute Gasteiger partial charge is 0.145 e. The molecule has 0 saturated carbocycles. The molecule has 0 spiro atoms. The van der Waals surface area contributed by atoms with Crippen molar-refractivity contribution in [1.29, 1.82) is 0 Å². The van der Waals surface area contributed by atoms with E-state index in [1.165, 1.54) is 24.3 Å². The van der Waals surface area contributed by atoms with Crippen LogP contribution >= 0.6 is 15.9 Å². The van der Waals surface area contributed by atoms with Gasteiger partial charge in [-0.1, -0.05) is 13.0 Å². The van der Waals surface area contributed by atoms with Gasteiger partial charge in [0.05, 0.1) is 10.5 Å². The Balaban J connectivity index is 2.61. The zero-order chi connectivity index (χ0) is 15.6. The van der Waals surface area contributed by atoms with Gasteiger partial charge in [-0.15, -0.1) is 0 Å². The molecule has 1 nitrogen and oxygen atoms in total. The molecule has 2 rings (SSSR count). The predicted octanol–water partition coefficient (Wildman–Crippen LogP) is 4.87. The van der Waals surface area contributed by atoms with E-state index in [0.717, 1.165) is 0 Å². The Kier molecular flexibility index (Phi) is 5.06. The number of benzene rings is 2. The Morgan fingerprint density at radius 3 is 2.48 bits per heavy atom. The summed E-state index contributed by atoms with van der Waals surface area (Å²) >= 11 is 3.07. The van der Waals surface area contributed by atoms with E-state index in [1.54, 1.807) is 13.0 Å². The van der Waals surface area contributed by atoms with Crippen LogP contribution in [-0.2, 0) is 0 Å². The zero-order valence-corrected chi connectivity index (χ0v) is 13.3. The van der Waals surface area contributed by atoms with Crippen molar-refractivity contribution in [2.45, 2.75) is 19.9 Å². The maximum Gasteiger partial charge on any atom is 0.145 e. The highest BCUT2D eigenvalue weighted by molar-refractivity contribution is 9.10. The third-order valence-corrected chi connectivity index (χ3v) is 3.93. The molecule has 0 saturated heterocycles. The molecule has 0 aliphatic heterocycles. The lowest BCUT2D eigenvalue weighted by molar-refractivity contribution is 0.506. The first kappa shape index (κ1) is 16.0. The summed E-state index contributed by atoms with van der Waals surface area (Å²) in [6, 6.07) is 6.07. The molecule has 1 atom stereocenters.